The summed E-state index contributed by atoms with van der Waals surface area (Å²) in [5.41, 5.74) is 0.661. The SMILES string of the molecule is CC(C)(C)OC(=O)NCCOCC(=O)c1ccc2[nH]c(=O)oc2c1. The first-order valence-electron chi connectivity index (χ1n) is 7.45. The zero-order chi connectivity index (χ0) is 17.7. The molecule has 8 nitrogen and oxygen atoms in total. The van der Waals surface area contributed by atoms with Crippen LogP contribution in [0.3, 0.4) is 0 Å². The molecule has 0 unspecified atom stereocenters. The molecule has 0 aliphatic carbocycles. The van der Waals surface area contributed by atoms with Crippen LogP contribution in [-0.4, -0.2) is 42.2 Å². The number of carbonyl (C=O) groups excluding carboxylic acids is 2. The molecule has 0 saturated heterocycles. The highest BCUT2D eigenvalue weighted by Gasteiger charge is 2.15. The summed E-state index contributed by atoms with van der Waals surface area (Å²) in [6, 6.07) is 4.66. The number of Topliss-reactive ketones (excluding diaryl/α,β-unsaturated/α-hetero) is 1. The van der Waals surface area contributed by atoms with E-state index in [1.54, 1.807) is 32.9 Å². The molecule has 2 rings (SSSR count). The summed E-state index contributed by atoms with van der Waals surface area (Å²) in [6.45, 7) is 5.57. The first-order chi connectivity index (χ1) is 11.2. The average Bonchev–Trinajstić information content (AvgIpc) is 2.83. The molecule has 0 aliphatic heterocycles. The molecule has 0 bridgehead atoms. The monoisotopic (exact) mass is 336 g/mol. The lowest BCUT2D eigenvalue weighted by molar-refractivity contribution is 0.0498. The summed E-state index contributed by atoms with van der Waals surface area (Å²) in [5.74, 6) is -0.822. The van der Waals surface area contributed by atoms with Crippen LogP contribution in [-0.2, 0) is 9.47 Å². The molecule has 130 valence electrons. The Morgan fingerprint density at radius 1 is 1.29 bits per heavy atom. The summed E-state index contributed by atoms with van der Waals surface area (Å²) in [7, 11) is 0. The molecule has 0 atom stereocenters. The van der Waals surface area contributed by atoms with E-state index in [0.717, 1.165) is 0 Å². The predicted octanol–water partition coefficient (Wildman–Crippen LogP) is 1.85. The molecule has 2 aromatic rings. The highest BCUT2D eigenvalue weighted by atomic mass is 16.6. The van der Waals surface area contributed by atoms with Crippen LogP contribution in [0.5, 0.6) is 0 Å². The Morgan fingerprint density at radius 3 is 2.75 bits per heavy atom. The minimum Gasteiger partial charge on any atom is -0.444 e. The zero-order valence-electron chi connectivity index (χ0n) is 13.8. The first-order valence-corrected chi connectivity index (χ1v) is 7.45. The molecule has 0 radical (unpaired) electrons. The lowest BCUT2D eigenvalue weighted by Crippen LogP contribution is -2.34. The maximum Gasteiger partial charge on any atom is 0.417 e. The summed E-state index contributed by atoms with van der Waals surface area (Å²) < 4.78 is 15.2. The van der Waals surface area contributed by atoms with Gasteiger partial charge in [-0.05, 0) is 39.0 Å². The number of nitrogens with one attached hydrogen (secondary N) is 2. The quantitative estimate of drug-likeness (QED) is 0.615. The molecule has 0 fully saturated rings. The molecule has 1 aromatic heterocycles. The van der Waals surface area contributed by atoms with Gasteiger partial charge >= 0.3 is 11.8 Å². The number of carbonyl (C=O) groups is 2. The topological polar surface area (TPSA) is 111 Å². The molecule has 0 spiro atoms. The van der Waals surface area contributed by atoms with E-state index in [0.29, 0.717) is 16.7 Å². The van der Waals surface area contributed by atoms with Crippen molar-refractivity contribution in [1.29, 1.82) is 0 Å². The van der Waals surface area contributed by atoms with Gasteiger partial charge in [-0.1, -0.05) is 0 Å². The second-order valence-electron chi connectivity index (χ2n) is 6.13. The van der Waals surface area contributed by atoms with Crippen molar-refractivity contribution in [2.75, 3.05) is 19.8 Å². The second-order valence-corrected chi connectivity index (χ2v) is 6.13. The van der Waals surface area contributed by atoms with Crippen LogP contribution < -0.4 is 11.1 Å². The average molecular weight is 336 g/mol. The maximum absolute atomic E-state index is 12.0. The molecule has 0 saturated carbocycles. The highest BCUT2D eigenvalue weighted by Crippen LogP contribution is 2.13. The van der Waals surface area contributed by atoms with Crippen molar-refractivity contribution in [2.24, 2.45) is 0 Å². The summed E-state index contributed by atoms with van der Waals surface area (Å²) >= 11 is 0. The van der Waals surface area contributed by atoms with Gasteiger partial charge in [0, 0.05) is 12.1 Å². The van der Waals surface area contributed by atoms with Crippen LogP contribution >= 0.6 is 0 Å². The van der Waals surface area contributed by atoms with Gasteiger partial charge < -0.3 is 19.2 Å². The van der Waals surface area contributed by atoms with Gasteiger partial charge in [-0.25, -0.2) is 9.59 Å². The fourth-order valence-corrected chi connectivity index (χ4v) is 1.91. The van der Waals surface area contributed by atoms with Gasteiger partial charge in [0.2, 0.25) is 0 Å². The summed E-state index contributed by atoms with van der Waals surface area (Å²) in [4.78, 5) is 37.0. The van der Waals surface area contributed by atoms with Crippen molar-refractivity contribution in [3.05, 3.63) is 34.3 Å². The summed E-state index contributed by atoms with van der Waals surface area (Å²) in [5, 5.41) is 2.53. The number of alkyl carbamates (subject to hydrolysis) is 1. The fraction of sp³-hybridized carbons (Fsp3) is 0.438. The number of hydrogen-bond donors (Lipinski definition) is 2. The number of H-pyrrole nitrogens is 1. The summed E-state index contributed by atoms with van der Waals surface area (Å²) in [6.07, 6.45) is -0.537. The Balaban J connectivity index is 1.74. The third kappa shape index (κ3) is 5.24. The van der Waals surface area contributed by atoms with Crippen molar-refractivity contribution < 1.29 is 23.5 Å². The number of hydrogen-bond acceptors (Lipinski definition) is 6. The molecule has 1 heterocycles. The number of aromatic nitrogens is 1. The molecule has 1 amide bonds. The zero-order valence-corrected chi connectivity index (χ0v) is 13.8. The predicted molar refractivity (Wildman–Crippen MR) is 86.2 cm³/mol. The van der Waals surface area contributed by atoms with Crippen LogP contribution in [0.15, 0.2) is 27.4 Å². The number of ketones is 1. The van der Waals surface area contributed by atoms with Crippen LogP contribution in [0.4, 0.5) is 4.79 Å². The number of rotatable bonds is 6. The number of aromatic amines is 1. The van der Waals surface area contributed by atoms with Crippen molar-refractivity contribution in [3.63, 3.8) is 0 Å². The molecule has 0 aliphatic rings. The Bertz CT molecular complexity index is 784. The number of fused-ring (bicyclic) bond motifs is 1. The standard InChI is InChI=1S/C16H20N2O6/c1-16(2,3)24-14(20)17-6-7-22-9-12(19)10-4-5-11-13(8-10)23-15(21)18-11/h4-5,8H,6-7,9H2,1-3H3,(H,17,20)(H,18,21). The van der Waals surface area contributed by atoms with Gasteiger partial charge in [0.15, 0.2) is 11.4 Å². The first kappa shape index (κ1) is 17.7. The molecule has 24 heavy (non-hydrogen) atoms. The second kappa shape index (κ2) is 7.31. The Hall–Kier alpha value is -2.61. The van der Waals surface area contributed by atoms with Crippen molar-refractivity contribution >= 4 is 23.0 Å². The molecular weight excluding hydrogens is 316 g/mol. The largest absolute Gasteiger partial charge is 0.444 e. The van der Waals surface area contributed by atoms with Crippen molar-refractivity contribution in [2.45, 2.75) is 26.4 Å². The van der Waals surface area contributed by atoms with Crippen LogP contribution in [0, 0.1) is 0 Å². The van der Waals surface area contributed by atoms with E-state index in [-0.39, 0.29) is 25.5 Å². The Kier molecular flexibility index (Phi) is 5.40. The molecule has 2 N–H and O–H groups in total. The van der Waals surface area contributed by atoms with E-state index < -0.39 is 17.5 Å². The smallest absolute Gasteiger partial charge is 0.417 e. The van der Waals surface area contributed by atoms with E-state index in [2.05, 4.69) is 10.3 Å². The third-order valence-corrected chi connectivity index (χ3v) is 2.89. The highest BCUT2D eigenvalue weighted by molar-refractivity contribution is 5.99. The van der Waals surface area contributed by atoms with Crippen LogP contribution in [0.2, 0.25) is 0 Å². The normalized spacial score (nSPS) is 11.5. The lowest BCUT2D eigenvalue weighted by atomic mass is 10.1. The number of benzene rings is 1. The molecular formula is C16H20N2O6. The van der Waals surface area contributed by atoms with Gasteiger partial charge in [-0.2, -0.15) is 0 Å². The van der Waals surface area contributed by atoms with Gasteiger partial charge in [-0.3, -0.25) is 9.78 Å². The van der Waals surface area contributed by atoms with Gasteiger partial charge in [0.05, 0.1) is 12.1 Å². The third-order valence-electron chi connectivity index (χ3n) is 2.89. The van der Waals surface area contributed by atoms with Gasteiger partial charge in [0.1, 0.15) is 12.2 Å². The lowest BCUT2D eigenvalue weighted by Gasteiger charge is -2.19. The van der Waals surface area contributed by atoms with E-state index in [1.807, 2.05) is 0 Å². The van der Waals surface area contributed by atoms with Crippen LogP contribution in [0.25, 0.3) is 11.1 Å². The minimum atomic E-state index is -0.570. The van der Waals surface area contributed by atoms with E-state index >= 15 is 0 Å². The van der Waals surface area contributed by atoms with Crippen LogP contribution in [0.1, 0.15) is 31.1 Å². The van der Waals surface area contributed by atoms with Crippen molar-refractivity contribution in [3.8, 4) is 0 Å². The number of amides is 1. The number of oxazole rings is 1. The van der Waals surface area contributed by atoms with Gasteiger partial charge in [-0.15, -0.1) is 0 Å². The molecule has 8 heteroatoms. The number of ether oxygens (including phenoxy) is 2. The van der Waals surface area contributed by atoms with Gasteiger partial charge in [0.25, 0.3) is 0 Å². The van der Waals surface area contributed by atoms with E-state index in [9.17, 15) is 14.4 Å². The van der Waals surface area contributed by atoms with E-state index in [4.69, 9.17) is 13.9 Å². The molecule has 1 aromatic carbocycles. The minimum absolute atomic E-state index is 0.143. The Morgan fingerprint density at radius 2 is 2.04 bits per heavy atom. The Labute approximate surface area is 138 Å². The van der Waals surface area contributed by atoms with Crippen molar-refractivity contribution in [1.82, 2.24) is 10.3 Å². The fourth-order valence-electron chi connectivity index (χ4n) is 1.91. The maximum atomic E-state index is 12.0. The van der Waals surface area contributed by atoms with E-state index in [1.165, 1.54) is 6.07 Å².